The minimum Gasteiger partial charge on any atom is -0.481 e. The zero-order valence-electron chi connectivity index (χ0n) is 14.4. The summed E-state index contributed by atoms with van der Waals surface area (Å²) in [6, 6.07) is 0. The SMILES string of the molecule is CC.O=C(O)C1C2C=CC(C2)C1C(O)(OCCCO)OCCCO. The van der Waals surface area contributed by atoms with E-state index in [1.807, 2.05) is 26.0 Å². The quantitative estimate of drug-likeness (QED) is 0.265. The Morgan fingerprint density at radius 3 is 2.04 bits per heavy atom. The van der Waals surface area contributed by atoms with Crippen LogP contribution >= 0.6 is 0 Å². The average Bonchev–Trinajstić information content (AvgIpc) is 3.18. The lowest BCUT2D eigenvalue weighted by atomic mass is 9.81. The van der Waals surface area contributed by atoms with Crippen LogP contribution in [0.2, 0.25) is 0 Å². The average molecular weight is 346 g/mol. The van der Waals surface area contributed by atoms with Crippen molar-refractivity contribution in [2.45, 2.75) is 39.1 Å². The topological polar surface area (TPSA) is 116 Å². The fourth-order valence-electron chi connectivity index (χ4n) is 3.46. The lowest BCUT2D eigenvalue weighted by molar-refractivity contribution is -0.394. The van der Waals surface area contributed by atoms with Crippen molar-refractivity contribution in [3.63, 3.8) is 0 Å². The molecular weight excluding hydrogens is 316 g/mol. The molecule has 0 aromatic carbocycles. The van der Waals surface area contributed by atoms with Crippen LogP contribution in [-0.4, -0.2) is 58.8 Å². The Kier molecular flexibility index (Phi) is 8.86. The Hall–Kier alpha value is -0.990. The van der Waals surface area contributed by atoms with Crippen molar-refractivity contribution in [1.29, 1.82) is 0 Å². The third kappa shape index (κ3) is 4.77. The second-order valence-corrected chi connectivity index (χ2v) is 5.82. The molecule has 0 heterocycles. The Morgan fingerprint density at radius 1 is 1.08 bits per heavy atom. The van der Waals surface area contributed by atoms with E-state index in [-0.39, 0.29) is 38.3 Å². The monoisotopic (exact) mass is 346 g/mol. The van der Waals surface area contributed by atoms with Crippen LogP contribution in [0.25, 0.3) is 0 Å². The van der Waals surface area contributed by atoms with E-state index in [0.29, 0.717) is 19.3 Å². The fourth-order valence-corrected chi connectivity index (χ4v) is 3.46. The van der Waals surface area contributed by atoms with Gasteiger partial charge in [-0.2, -0.15) is 0 Å². The van der Waals surface area contributed by atoms with Crippen LogP contribution in [-0.2, 0) is 14.3 Å². The van der Waals surface area contributed by atoms with Gasteiger partial charge in [-0.25, -0.2) is 0 Å². The molecule has 0 aromatic rings. The van der Waals surface area contributed by atoms with E-state index in [2.05, 4.69) is 0 Å². The number of hydrogen-bond donors (Lipinski definition) is 4. The molecule has 0 spiro atoms. The van der Waals surface area contributed by atoms with Gasteiger partial charge in [0.1, 0.15) is 0 Å². The first kappa shape index (κ1) is 21.1. The smallest absolute Gasteiger partial charge is 0.307 e. The molecule has 7 nitrogen and oxygen atoms in total. The van der Waals surface area contributed by atoms with E-state index in [9.17, 15) is 15.0 Å². The maximum atomic E-state index is 11.6. The largest absolute Gasteiger partial charge is 0.481 e. The molecule has 1 saturated carbocycles. The molecule has 140 valence electrons. The molecule has 2 aliphatic carbocycles. The van der Waals surface area contributed by atoms with Gasteiger partial charge < -0.3 is 29.9 Å². The zero-order valence-corrected chi connectivity index (χ0v) is 14.4. The molecule has 0 aromatic heterocycles. The highest BCUT2D eigenvalue weighted by molar-refractivity contribution is 5.72. The number of rotatable bonds is 10. The summed E-state index contributed by atoms with van der Waals surface area (Å²) in [5.74, 6) is -4.68. The van der Waals surface area contributed by atoms with Crippen molar-refractivity contribution in [2.24, 2.45) is 23.7 Å². The summed E-state index contributed by atoms with van der Waals surface area (Å²) >= 11 is 0. The maximum Gasteiger partial charge on any atom is 0.307 e. The van der Waals surface area contributed by atoms with Crippen LogP contribution in [0.1, 0.15) is 33.1 Å². The standard InChI is InChI=1S/C15H24O7.C2H6/c16-5-1-7-21-15(20,22-8-2-6-17)13-11-4-3-10(9-11)12(13)14(18)19;1-2/h3-4,10-13,16-17,20H,1-2,5-9H2,(H,18,19);1-2H3. The number of fused-ring (bicyclic) bond motifs is 2. The van der Waals surface area contributed by atoms with Crippen molar-refractivity contribution in [1.82, 2.24) is 0 Å². The van der Waals surface area contributed by atoms with Crippen LogP contribution in [0.4, 0.5) is 0 Å². The normalized spacial score (nSPS) is 27.9. The summed E-state index contributed by atoms with van der Waals surface area (Å²) < 4.78 is 10.9. The molecule has 2 bridgehead atoms. The number of aliphatic hydroxyl groups is 3. The number of ether oxygens (including phenoxy) is 2. The molecule has 0 aliphatic heterocycles. The van der Waals surface area contributed by atoms with Gasteiger partial charge in [0.05, 0.1) is 25.0 Å². The first-order valence-corrected chi connectivity index (χ1v) is 8.66. The summed E-state index contributed by atoms with van der Waals surface area (Å²) in [6.45, 7) is 3.95. The highest BCUT2D eigenvalue weighted by Gasteiger charge is 2.58. The number of allylic oxidation sites excluding steroid dienone is 2. The summed E-state index contributed by atoms with van der Waals surface area (Å²) in [5.41, 5.74) is 0. The predicted octanol–water partition coefficient (Wildman–Crippen LogP) is 0.980. The van der Waals surface area contributed by atoms with Gasteiger partial charge >= 0.3 is 5.97 Å². The third-order valence-corrected chi connectivity index (χ3v) is 4.39. The van der Waals surface area contributed by atoms with Crippen LogP contribution in [0.15, 0.2) is 12.2 Å². The number of carboxylic acid groups (broad SMARTS) is 1. The maximum absolute atomic E-state index is 11.6. The molecule has 24 heavy (non-hydrogen) atoms. The first-order chi connectivity index (χ1) is 11.5. The second kappa shape index (κ2) is 10.1. The predicted molar refractivity (Wildman–Crippen MR) is 87.0 cm³/mol. The molecule has 2 rings (SSSR count). The van der Waals surface area contributed by atoms with Crippen molar-refractivity contribution in [2.75, 3.05) is 26.4 Å². The molecule has 2 aliphatic rings. The van der Waals surface area contributed by atoms with Crippen LogP contribution in [0.3, 0.4) is 0 Å². The highest BCUT2D eigenvalue weighted by atomic mass is 16.8. The van der Waals surface area contributed by atoms with Gasteiger partial charge in [0.25, 0.3) is 5.97 Å². The lowest BCUT2D eigenvalue weighted by Crippen LogP contribution is -2.50. The molecule has 1 fully saturated rings. The third-order valence-electron chi connectivity index (χ3n) is 4.39. The van der Waals surface area contributed by atoms with Gasteiger partial charge in [0, 0.05) is 13.2 Å². The van der Waals surface area contributed by atoms with Gasteiger partial charge in [-0.05, 0) is 31.1 Å². The molecule has 4 atom stereocenters. The number of aliphatic hydroxyl groups excluding tert-OH is 2. The highest BCUT2D eigenvalue weighted by Crippen LogP contribution is 2.52. The lowest BCUT2D eigenvalue weighted by Gasteiger charge is -2.39. The van der Waals surface area contributed by atoms with Crippen LogP contribution in [0.5, 0.6) is 0 Å². The molecule has 0 radical (unpaired) electrons. The van der Waals surface area contributed by atoms with Crippen LogP contribution in [0, 0.1) is 23.7 Å². The summed E-state index contributed by atoms with van der Waals surface area (Å²) in [7, 11) is 0. The summed E-state index contributed by atoms with van der Waals surface area (Å²) in [4.78, 5) is 11.6. The van der Waals surface area contributed by atoms with E-state index >= 15 is 0 Å². The van der Waals surface area contributed by atoms with Gasteiger partial charge in [-0.3, -0.25) is 4.79 Å². The van der Waals surface area contributed by atoms with Crippen molar-refractivity contribution >= 4 is 5.97 Å². The zero-order chi connectivity index (χ0) is 18.2. The summed E-state index contributed by atoms with van der Waals surface area (Å²) in [6.07, 6.45) is 5.09. The van der Waals surface area contributed by atoms with E-state index in [4.69, 9.17) is 19.7 Å². The Balaban J connectivity index is 0.00000139. The summed E-state index contributed by atoms with van der Waals surface area (Å²) in [5, 5.41) is 38.0. The van der Waals surface area contributed by atoms with Gasteiger partial charge in [-0.1, -0.05) is 26.0 Å². The molecule has 0 saturated heterocycles. The van der Waals surface area contributed by atoms with Crippen LogP contribution < -0.4 is 0 Å². The van der Waals surface area contributed by atoms with Crippen molar-refractivity contribution in [3.05, 3.63) is 12.2 Å². The second-order valence-electron chi connectivity index (χ2n) is 5.82. The number of aliphatic carboxylic acids is 1. The molecule has 7 heteroatoms. The molecule has 0 amide bonds. The minimum absolute atomic E-state index is 0.0655. The molecular formula is C17H30O7. The van der Waals surface area contributed by atoms with Gasteiger partial charge in [-0.15, -0.1) is 0 Å². The van der Waals surface area contributed by atoms with Gasteiger partial charge in [0.15, 0.2) is 0 Å². The minimum atomic E-state index is -2.02. The first-order valence-electron chi connectivity index (χ1n) is 8.66. The van der Waals surface area contributed by atoms with E-state index < -0.39 is 23.8 Å². The number of hydrogen-bond acceptors (Lipinski definition) is 6. The fraction of sp³-hybridized carbons (Fsp3) is 0.824. The molecule has 4 unspecified atom stereocenters. The Labute approximate surface area is 142 Å². The van der Waals surface area contributed by atoms with Gasteiger partial charge in [0.2, 0.25) is 0 Å². The van der Waals surface area contributed by atoms with E-state index in [1.54, 1.807) is 0 Å². The van der Waals surface area contributed by atoms with E-state index in [1.165, 1.54) is 0 Å². The number of carbonyl (C=O) groups is 1. The van der Waals surface area contributed by atoms with Crippen molar-refractivity contribution < 1.29 is 34.7 Å². The van der Waals surface area contributed by atoms with Crippen molar-refractivity contribution in [3.8, 4) is 0 Å². The Morgan fingerprint density at radius 2 is 1.58 bits per heavy atom. The molecule has 4 N–H and O–H groups in total. The number of carboxylic acids is 1. The van der Waals surface area contributed by atoms with E-state index in [0.717, 1.165) is 0 Å². The Bertz CT molecular complexity index is 400.